The van der Waals surface area contributed by atoms with Crippen LogP contribution in [0.3, 0.4) is 0 Å². The van der Waals surface area contributed by atoms with Gasteiger partial charge in [0.15, 0.2) is 0 Å². The summed E-state index contributed by atoms with van der Waals surface area (Å²) in [5, 5.41) is 23.9. The molecule has 24 heavy (non-hydrogen) atoms. The van der Waals surface area contributed by atoms with Gasteiger partial charge in [0, 0.05) is 29.0 Å². The lowest BCUT2D eigenvalue weighted by Gasteiger charge is -2.08. The van der Waals surface area contributed by atoms with Gasteiger partial charge in [0.05, 0.1) is 13.0 Å². The lowest BCUT2D eigenvalue weighted by atomic mass is 10.1. The fourth-order valence-electron chi connectivity index (χ4n) is 1.97. The summed E-state index contributed by atoms with van der Waals surface area (Å²) in [6.45, 7) is -0.0591. The Labute approximate surface area is 143 Å². The van der Waals surface area contributed by atoms with E-state index in [1.165, 1.54) is 30.5 Å². The summed E-state index contributed by atoms with van der Waals surface area (Å²) in [4.78, 5) is 27.8. The van der Waals surface area contributed by atoms with Crippen molar-refractivity contribution in [3.05, 3.63) is 52.8 Å². The maximum Gasteiger partial charge on any atom is 0.270 e. The highest BCUT2D eigenvalue weighted by molar-refractivity contribution is 6.30. The molecule has 0 bridgehead atoms. The van der Waals surface area contributed by atoms with Gasteiger partial charge in [-0.15, -0.1) is 0 Å². The number of aromatic hydroxyl groups is 1. The normalized spacial score (nSPS) is 10.2. The zero-order chi connectivity index (χ0) is 17.5. The van der Waals surface area contributed by atoms with Crippen LogP contribution in [0.25, 0.3) is 0 Å². The molecule has 1 aromatic carbocycles. The van der Waals surface area contributed by atoms with Crippen molar-refractivity contribution in [2.45, 2.75) is 6.42 Å². The number of phenolic OH excluding ortho intramolecular Hbond substituents is 1. The maximum atomic E-state index is 12.1. The standard InChI is InChI=1S/C16H16ClN3O4/c17-11-1-2-14(22)10(7-11)8-15(23)20-12-3-4-18-13(9-12)16(24)19-5-6-21/h1-4,7,9,21-22H,5-6,8H2,(H,19,24)(H,18,20,23). The molecule has 0 saturated carbocycles. The van der Waals surface area contributed by atoms with Crippen LogP contribution in [-0.2, 0) is 11.2 Å². The van der Waals surface area contributed by atoms with Crippen LogP contribution in [0.5, 0.6) is 5.75 Å². The molecule has 0 spiro atoms. The first kappa shape index (κ1) is 17.7. The van der Waals surface area contributed by atoms with E-state index in [4.69, 9.17) is 16.7 Å². The number of aliphatic hydroxyl groups excluding tert-OH is 1. The van der Waals surface area contributed by atoms with E-state index in [9.17, 15) is 14.7 Å². The summed E-state index contributed by atoms with van der Waals surface area (Å²) >= 11 is 5.84. The molecule has 1 aromatic heterocycles. The zero-order valence-electron chi connectivity index (χ0n) is 12.6. The summed E-state index contributed by atoms with van der Waals surface area (Å²) in [5.41, 5.74) is 0.910. The van der Waals surface area contributed by atoms with Crippen LogP contribution in [-0.4, -0.2) is 40.2 Å². The van der Waals surface area contributed by atoms with E-state index in [0.717, 1.165) is 0 Å². The topological polar surface area (TPSA) is 112 Å². The first-order valence-electron chi connectivity index (χ1n) is 7.12. The Morgan fingerprint density at radius 2 is 2.00 bits per heavy atom. The molecule has 0 saturated heterocycles. The summed E-state index contributed by atoms with van der Waals surface area (Å²) in [6.07, 6.45) is 1.32. The summed E-state index contributed by atoms with van der Waals surface area (Å²) in [6, 6.07) is 7.41. The number of benzene rings is 1. The number of halogens is 1. The van der Waals surface area contributed by atoms with Gasteiger partial charge in [0.1, 0.15) is 11.4 Å². The Bertz CT molecular complexity index is 752. The van der Waals surface area contributed by atoms with E-state index >= 15 is 0 Å². The molecule has 0 radical (unpaired) electrons. The molecular formula is C16H16ClN3O4. The highest BCUT2D eigenvalue weighted by Crippen LogP contribution is 2.22. The van der Waals surface area contributed by atoms with E-state index < -0.39 is 5.91 Å². The number of amides is 2. The number of nitrogens with zero attached hydrogens (tertiary/aromatic N) is 1. The lowest BCUT2D eigenvalue weighted by Crippen LogP contribution is -2.27. The van der Waals surface area contributed by atoms with E-state index in [0.29, 0.717) is 16.3 Å². The summed E-state index contributed by atoms with van der Waals surface area (Å²) < 4.78 is 0. The molecule has 0 aliphatic heterocycles. The molecule has 0 unspecified atom stereocenters. The number of phenols is 1. The molecule has 2 aromatic rings. The van der Waals surface area contributed by atoms with Gasteiger partial charge < -0.3 is 20.8 Å². The van der Waals surface area contributed by atoms with Crippen molar-refractivity contribution in [3.8, 4) is 5.75 Å². The number of hydrogen-bond acceptors (Lipinski definition) is 5. The fourth-order valence-corrected chi connectivity index (χ4v) is 2.16. The van der Waals surface area contributed by atoms with Crippen molar-refractivity contribution in [1.29, 1.82) is 0 Å². The van der Waals surface area contributed by atoms with Gasteiger partial charge in [0.25, 0.3) is 5.91 Å². The molecule has 0 fully saturated rings. The van der Waals surface area contributed by atoms with Crippen molar-refractivity contribution >= 4 is 29.1 Å². The molecule has 1 heterocycles. The molecule has 126 valence electrons. The zero-order valence-corrected chi connectivity index (χ0v) is 13.4. The number of nitrogens with one attached hydrogen (secondary N) is 2. The second-order valence-corrected chi connectivity index (χ2v) is 5.34. The first-order valence-corrected chi connectivity index (χ1v) is 7.49. The minimum atomic E-state index is -0.451. The van der Waals surface area contributed by atoms with Crippen LogP contribution < -0.4 is 10.6 Å². The van der Waals surface area contributed by atoms with Gasteiger partial charge in [-0.3, -0.25) is 14.6 Å². The van der Waals surface area contributed by atoms with Crippen LogP contribution >= 0.6 is 11.6 Å². The Kier molecular flexibility index (Phi) is 6.11. The van der Waals surface area contributed by atoms with Crippen molar-refractivity contribution in [1.82, 2.24) is 10.3 Å². The molecule has 8 heteroatoms. The van der Waals surface area contributed by atoms with Crippen molar-refractivity contribution in [2.24, 2.45) is 0 Å². The molecule has 0 atom stereocenters. The SMILES string of the molecule is O=C(Cc1cc(Cl)ccc1O)Nc1ccnc(C(=O)NCCO)c1. The van der Waals surface area contributed by atoms with Gasteiger partial charge in [-0.05, 0) is 30.3 Å². The summed E-state index contributed by atoms with van der Waals surface area (Å²) in [7, 11) is 0. The van der Waals surface area contributed by atoms with Crippen molar-refractivity contribution in [3.63, 3.8) is 0 Å². The minimum absolute atomic E-state index is 0.0200. The van der Waals surface area contributed by atoms with Gasteiger partial charge in [-0.2, -0.15) is 0 Å². The largest absolute Gasteiger partial charge is 0.508 e. The molecule has 2 rings (SSSR count). The summed E-state index contributed by atoms with van der Waals surface area (Å²) in [5.74, 6) is -0.846. The highest BCUT2D eigenvalue weighted by atomic mass is 35.5. The maximum absolute atomic E-state index is 12.1. The van der Waals surface area contributed by atoms with E-state index in [1.807, 2.05) is 0 Å². The first-order chi connectivity index (χ1) is 11.5. The highest BCUT2D eigenvalue weighted by Gasteiger charge is 2.11. The van der Waals surface area contributed by atoms with E-state index in [-0.39, 0.29) is 36.9 Å². The number of carbonyl (C=O) groups is 2. The number of anilines is 1. The Morgan fingerprint density at radius 3 is 2.75 bits per heavy atom. The molecule has 2 amide bonds. The quantitative estimate of drug-likeness (QED) is 0.629. The van der Waals surface area contributed by atoms with Gasteiger partial charge in [0.2, 0.25) is 5.91 Å². The molecule has 4 N–H and O–H groups in total. The average molecular weight is 350 g/mol. The van der Waals surface area contributed by atoms with Gasteiger partial charge in [-0.25, -0.2) is 0 Å². The van der Waals surface area contributed by atoms with Crippen LogP contribution in [0.4, 0.5) is 5.69 Å². The second-order valence-electron chi connectivity index (χ2n) is 4.91. The third kappa shape index (κ3) is 4.94. The van der Waals surface area contributed by atoms with E-state index in [1.54, 1.807) is 6.07 Å². The monoisotopic (exact) mass is 349 g/mol. The van der Waals surface area contributed by atoms with Crippen LogP contribution in [0.2, 0.25) is 5.02 Å². The predicted molar refractivity (Wildman–Crippen MR) is 89.1 cm³/mol. The predicted octanol–water partition coefficient (Wildman–Crippen LogP) is 1.34. The number of aliphatic hydroxyl groups is 1. The van der Waals surface area contributed by atoms with E-state index in [2.05, 4.69) is 15.6 Å². The third-order valence-corrected chi connectivity index (χ3v) is 3.30. The molecule has 0 aliphatic carbocycles. The van der Waals surface area contributed by atoms with Gasteiger partial charge >= 0.3 is 0 Å². The Balaban J connectivity index is 2.04. The number of carbonyl (C=O) groups excluding carboxylic acids is 2. The number of rotatable bonds is 6. The van der Waals surface area contributed by atoms with Crippen molar-refractivity contribution < 1.29 is 19.8 Å². The number of hydrogen-bond donors (Lipinski definition) is 4. The van der Waals surface area contributed by atoms with Crippen LogP contribution in [0.15, 0.2) is 36.5 Å². The molecular weight excluding hydrogens is 334 g/mol. The molecule has 7 nitrogen and oxygen atoms in total. The number of aromatic nitrogens is 1. The van der Waals surface area contributed by atoms with Crippen LogP contribution in [0, 0.1) is 0 Å². The Hall–Kier alpha value is -2.64. The van der Waals surface area contributed by atoms with Crippen molar-refractivity contribution in [2.75, 3.05) is 18.5 Å². The minimum Gasteiger partial charge on any atom is -0.508 e. The Morgan fingerprint density at radius 1 is 1.21 bits per heavy atom. The second kappa shape index (κ2) is 8.28. The number of pyridine rings is 1. The lowest BCUT2D eigenvalue weighted by molar-refractivity contribution is -0.115. The van der Waals surface area contributed by atoms with Gasteiger partial charge in [-0.1, -0.05) is 11.6 Å². The fraction of sp³-hybridized carbons (Fsp3) is 0.188. The van der Waals surface area contributed by atoms with Crippen LogP contribution in [0.1, 0.15) is 16.1 Å². The smallest absolute Gasteiger partial charge is 0.270 e. The third-order valence-electron chi connectivity index (χ3n) is 3.07. The average Bonchev–Trinajstić information content (AvgIpc) is 2.56. The molecule has 0 aliphatic rings.